The molecule has 3 N–H and O–H groups in total. The number of ether oxygens (including phenoxy) is 1. The highest BCUT2D eigenvalue weighted by molar-refractivity contribution is 6.00. The van der Waals surface area contributed by atoms with E-state index in [2.05, 4.69) is 20.9 Å². The molecule has 0 unspecified atom stereocenters. The number of piperidine rings is 1. The van der Waals surface area contributed by atoms with Crippen molar-refractivity contribution in [1.29, 1.82) is 0 Å². The molecule has 35 heavy (non-hydrogen) atoms. The van der Waals surface area contributed by atoms with Crippen LogP contribution in [0.5, 0.6) is 5.75 Å². The Morgan fingerprint density at radius 2 is 1.60 bits per heavy atom. The van der Waals surface area contributed by atoms with E-state index in [1.807, 2.05) is 24.3 Å². The van der Waals surface area contributed by atoms with Gasteiger partial charge in [-0.05, 0) is 66.9 Å². The van der Waals surface area contributed by atoms with E-state index in [-0.39, 0.29) is 29.5 Å². The number of para-hydroxylation sites is 1. The van der Waals surface area contributed by atoms with Crippen molar-refractivity contribution in [3.8, 4) is 5.75 Å². The van der Waals surface area contributed by atoms with E-state index in [0.29, 0.717) is 23.5 Å². The second-order valence-electron chi connectivity index (χ2n) is 8.52. The molecule has 0 aliphatic carbocycles. The Labute approximate surface area is 204 Å². The first-order chi connectivity index (χ1) is 17.0. The molecule has 7 nitrogen and oxygen atoms in total. The van der Waals surface area contributed by atoms with Crippen molar-refractivity contribution in [2.45, 2.75) is 25.4 Å². The maximum absolute atomic E-state index is 13.9. The minimum atomic E-state index is -0.356. The third-order valence-electron chi connectivity index (χ3n) is 5.98. The monoisotopic (exact) mass is 476 g/mol. The van der Waals surface area contributed by atoms with Crippen molar-refractivity contribution in [2.24, 2.45) is 0 Å². The minimum Gasteiger partial charge on any atom is -0.494 e. The maximum Gasteiger partial charge on any atom is 0.323 e. The van der Waals surface area contributed by atoms with E-state index in [9.17, 15) is 14.0 Å². The first kappa shape index (κ1) is 24.2. The van der Waals surface area contributed by atoms with Crippen molar-refractivity contribution < 1.29 is 18.7 Å². The van der Waals surface area contributed by atoms with Gasteiger partial charge in [0.15, 0.2) is 11.6 Å². The largest absolute Gasteiger partial charge is 0.494 e. The van der Waals surface area contributed by atoms with Crippen LogP contribution in [0.3, 0.4) is 0 Å². The third kappa shape index (κ3) is 6.80. The van der Waals surface area contributed by atoms with Gasteiger partial charge < -0.3 is 20.7 Å². The van der Waals surface area contributed by atoms with Crippen molar-refractivity contribution in [1.82, 2.24) is 10.2 Å². The number of amides is 3. The lowest BCUT2D eigenvalue weighted by atomic mass is 10.0. The van der Waals surface area contributed by atoms with Gasteiger partial charge in [-0.1, -0.05) is 24.3 Å². The number of carbonyl (C=O) groups excluding carboxylic acids is 2. The molecule has 0 atom stereocenters. The van der Waals surface area contributed by atoms with Gasteiger partial charge in [0, 0.05) is 42.6 Å². The fraction of sp³-hybridized carbons (Fsp3) is 0.259. The molecule has 182 valence electrons. The van der Waals surface area contributed by atoms with Crippen LogP contribution in [0, 0.1) is 5.82 Å². The summed E-state index contributed by atoms with van der Waals surface area (Å²) in [5.74, 6) is -0.249. The third-order valence-corrected chi connectivity index (χ3v) is 5.98. The van der Waals surface area contributed by atoms with E-state index in [1.165, 1.54) is 13.2 Å². The van der Waals surface area contributed by atoms with Crippen LogP contribution in [0.2, 0.25) is 0 Å². The molecule has 1 saturated heterocycles. The van der Waals surface area contributed by atoms with Gasteiger partial charge in [-0.3, -0.25) is 9.69 Å². The summed E-state index contributed by atoms with van der Waals surface area (Å²) in [7, 11) is 1.45. The van der Waals surface area contributed by atoms with Gasteiger partial charge in [-0.2, -0.15) is 0 Å². The molecule has 1 fully saturated rings. The molecular weight excluding hydrogens is 447 g/mol. The standard InChI is InChI=1S/C27H29FN4O3/c1-35-25-12-7-19(17-24(25)28)18-32-15-13-23(14-16-32)29-26(33)20-8-10-22(11-9-20)31-27(34)30-21-5-3-2-4-6-21/h2-12,17,23H,13-16,18H2,1H3,(H,29,33)(H2,30,31,34). The van der Waals surface area contributed by atoms with E-state index in [4.69, 9.17) is 4.74 Å². The highest BCUT2D eigenvalue weighted by Crippen LogP contribution is 2.20. The summed E-state index contributed by atoms with van der Waals surface area (Å²) in [5.41, 5.74) is 2.73. The number of methoxy groups -OCH3 is 1. The first-order valence-electron chi connectivity index (χ1n) is 11.6. The summed E-state index contributed by atoms with van der Waals surface area (Å²) in [4.78, 5) is 27.1. The summed E-state index contributed by atoms with van der Waals surface area (Å²) < 4.78 is 18.9. The van der Waals surface area contributed by atoms with Gasteiger partial charge in [0.1, 0.15) is 0 Å². The molecule has 1 aliphatic rings. The van der Waals surface area contributed by atoms with Crippen LogP contribution in [0.4, 0.5) is 20.6 Å². The number of nitrogens with zero attached hydrogens (tertiary/aromatic N) is 1. The van der Waals surface area contributed by atoms with Crippen LogP contribution in [-0.2, 0) is 6.54 Å². The van der Waals surface area contributed by atoms with Crippen LogP contribution in [0.1, 0.15) is 28.8 Å². The van der Waals surface area contributed by atoms with E-state index < -0.39 is 0 Å². The Balaban J connectivity index is 1.22. The number of nitrogens with one attached hydrogen (secondary N) is 3. The Hall–Kier alpha value is -3.91. The number of halogens is 1. The summed E-state index contributed by atoms with van der Waals surface area (Å²) in [5, 5.41) is 8.60. The lowest BCUT2D eigenvalue weighted by Gasteiger charge is -2.32. The van der Waals surface area contributed by atoms with Gasteiger partial charge >= 0.3 is 6.03 Å². The number of benzene rings is 3. The topological polar surface area (TPSA) is 82.7 Å². The smallest absolute Gasteiger partial charge is 0.323 e. The number of urea groups is 1. The van der Waals surface area contributed by atoms with E-state index in [1.54, 1.807) is 42.5 Å². The number of hydrogen-bond acceptors (Lipinski definition) is 4. The molecule has 0 saturated carbocycles. The molecule has 8 heteroatoms. The number of hydrogen-bond donors (Lipinski definition) is 3. The fourth-order valence-corrected chi connectivity index (χ4v) is 4.09. The second-order valence-corrected chi connectivity index (χ2v) is 8.52. The molecular formula is C27H29FN4O3. The van der Waals surface area contributed by atoms with Crippen LogP contribution >= 0.6 is 0 Å². The quantitative estimate of drug-likeness (QED) is 0.454. The van der Waals surface area contributed by atoms with Crippen molar-refractivity contribution in [3.63, 3.8) is 0 Å². The Morgan fingerprint density at radius 1 is 0.943 bits per heavy atom. The summed E-state index contributed by atoms with van der Waals surface area (Å²) in [6.07, 6.45) is 1.65. The normalized spacial score (nSPS) is 14.2. The number of rotatable bonds is 7. The average Bonchev–Trinajstić information content (AvgIpc) is 2.86. The predicted molar refractivity (Wildman–Crippen MR) is 134 cm³/mol. The predicted octanol–water partition coefficient (Wildman–Crippen LogP) is 4.87. The lowest BCUT2D eigenvalue weighted by molar-refractivity contribution is 0.0909. The van der Waals surface area contributed by atoms with Gasteiger partial charge in [-0.15, -0.1) is 0 Å². The van der Waals surface area contributed by atoms with Gasteiger partial charge in [0.2, 0.25) is 0 Å². The Bertz CT molecular complexity index is 1150. The Morgan fingerprint density at radius 3 is 2.23 bits per heavy atom. The molecule has 0 aromatic heterocycles. The molecule has 0 spiro atoms. The highest BCUT2D eigenvalue weighted by Gasteiger charge is 2.21. The van der Waals surface area contributed by atoms with Crippen molar-refractivity contribution in [2.75, 3.05) is 30.8 Å². The molecule has 1 aliphatic heterocycles. The van der Waals surface area contributed by atoms with Crippen molar-refractivity contribution in [3.05, 3.63) is 89.7 Å². The first-order valence-corrected chi connectivity index (χ1v) is 11.6. The number of likely N-dealkylation sites (tertiary alicyclic amines) is 1. The van der Waals surface area contributed by atoms with Crippen LogP contribution in [-0.4, -0.2) is 43.1 Å². The average molecular weight is 477 g/mol. The fourth-order valence-electron chi connectivity index (χ4n) is 4.09. The molecule has 4 rings (SSSR count). The highest BCUT2D eigenvalue weighted by atomic mass is 19.1. The van der Waals surface area contributed by atoms with Gasteiger partial charge in [0.25, 0.3) is 5.91 Å². The van der Waals surface area contributed by atoms with E-state index in [0.717, 1.165) is 31.5 Å². The summed E-state index contributed by atoms with van der Waals surface area (Å²) in [6.45, 7) is 2.30. The zero-order valence-electron chi connectivity index (χ0n) is 19.6. The zero-order chi connectivity index (χ0) is 24.6. The van der Waals surface area contributed by atoms with Crippen LogP contribution in [0.25, 0.3) is 0 Å². The molecule has 3 amide bonds. The number of carbonyl (C=O) groups is 2. The molecule has 0 bridgehead atoms. The van der Waals surface area contributed by atoms with Gasteiger partial charge in [-0.25, -0.2) is 9.18 Å². The SMILES string of the molecule is COc1ccc(CN2CCC(NC(=O)c3ccc(NC(=O)Nc4ccccc4)cc3)CC2)cc1F. The Kier molecular flexibility index (Phi) is 7.95. The lowest BCUT2D eigenvalue weighted by Crippen LogP contribution is -2.44. The van der Waals surface area contributed by atoms with Crippen LogP contribution < -0.4 is 20.7 Å². The number of anilines is 2. The maximum atomic E-state index is 13.9. The van der Waals surface area contributed by atoms with E-state index >= 15 is 0 Å². The summed E-state index contributed by atoms with van der Waals surface area (Å²) in [6, 6.07) is 20.7. The minimum absolute atomic E-state index is 0.0841. The molecule has 3 aromatic carbocycles. The molecule has 0 radical (unpaired) electrons. The molecule has 1 heterocycles. The second kappa shape index (κ2) is 11.5. The summed E-state index contributed by atoms with van der Waals surface area (Å²) >= 11 is 0. The zero-order valence-corrected chi connectivity index (χ0v) is 19.6. The van der Waals surface area contributed by atoms with Crippen LogP contribution in [0.15, 0.2) is 72.8 Å². The van der Waals surface area contributed by atoms with Crippen molar-refractivity contribution >= 4 is 23.3 Å². The van der Waals surface area contributed by atoms with Gasteiger partial charge in [0.05, 0.1) is 7.11 Å². The molecule has 3 aromatic rings.